The van der Waals surface area contributed by atoms with Crippen LogP contribution in [0.2, 0.25) is 0 Å². The van der Waals surface area contributed by atoms with Crippen molar-refractivity contribution in [2.45, 2.75) is 65.0 Å². The lowest BCUT2D eigenvalue weighted by atomic mass is 9.69. The molecule has 1 aliphatic heterocycles. The topological polar surface area (TPSA) is 59.0 Å². The molecule has 2 saturated carbocycles. The van der Waals surface area contributed by atoms with Gasteiger partial charge >= 0.3 is 0 Å². The monoisotopic (exact) mass is 330 g/mol. The van der Waals surface area contributed by atoms with Gasteiger partial charge in [0.15, 0.2) is 0 Å². The molecule has 1 aromatic rings. The van der Waals surface area contributed by atoms with Crippen molar-refractivity contribution in [3.8, 4) is 0 Å². The average Bonchev–Trinajstić information content (AvgIpc) is 3.19. The van der Waals surface area contributed by atoms with Crippen LogP contribution in [0.25, 0.3) is 0 Å². The minimum absolute atomic E-state index is 0.00732. The summed E-state index contributed by atoms with van der Waals surface area (Å²) in [4.78, 5) is 12.7. The quantitative estimate of drug-likeness (QED) is 0.896. The Morgan fingerprint density at radius 2 is 2.21 bits per heavy atom. The highest BCUT2D eigenvalue weighted by Gasteiger charge is 2.61. The molecular weight excluding hydrogens is 300 g/mol. The van der Waals surface area contributed by atoms with E-state index in [1.54, 1.807) is 0 Å². The van der Waals surface area contributed by atoms with Crippen LogP contribution in [0, 0.1) is 16.7 Å². The summed E-state index contributed by atoms with van der Waals surface area (Å²) in [7, 11) is 0. The van der Waals surface area contributed by atoms with E-state index in [0.717, 1.165) is 31.8 Å². The molecule has 4 rings (SSSR count). The number of fused-ring (bicyclic) bond motifs is 2. The van der Waals surface area contributed by atoms with Crippen LogP contribution in [0.1, 0.15) is 69.4 Å². The van der Waals surface area contributed by atoms with Crippen LogP contribution in [0.3, 0.4) is 0 Å². The summed E-state index contributed by atoms with van der Waals surface area (Å²) >= 11 is 0. The maximum absolute atomic E-state index is 12.7. The van der Waals surface area contributed by atoms with Crippen LogP contribution in [-0.4, -0.2) is 34.8 Å². The lowest BCUT2D eigenvalue weighted by Crippen LogP contribution is -2.47. The van der Waals surface area contributed by atoms with Gasteiger partial charge in [0, 0.05) is 18.8 Å². The number of amides is 1. The fourth-order valence-corrected chi connectivity index (χ4v) is 5.38. The normalized spacial score (nSPS) is 37.5. The lowest BCUT2D eigenvalue weighted by Gasteiger charge is -2.39. The van der Waals surface area contributed by atoms with Gasteiger partial charge in [-0.25, -0.2) is 0 Å². The first-order valence-electron chi connectivity index (χ1n) is 9.48. The molecule has 0 aromatic carbocycles. The summed E-state index contributed by atoms with van der Waals surface area (Å²) in [6.07, 6.45) is 7.90. The summed E-state index contributed by atoms with van der Waals surface area (Å²) in [5, 5.41) is 11.3. The third-order valence-electron chi connectivity index (χ3n) is 7.59. The zero-order valence-electron chi connectivity index (χ0n) is 15.1. The van der Waals surface area contributed by atoms with Crippen molar-refractivity contribution in [3.05, 3.63) is 18.0 Å². The lowest BCUT2D eigenvalue weighted by molar-refractivity contribution is 0.0820. The number of hydrogen-bond acceptors (Lipinski definition) is 3. The number of nitrogens with zero attached hydrogens (tertiary/aromatic N) is 2. The standard InChI is InChI=1S/C19H30N4O/c1-18(2)13-6-8-19(18,3)16(11-13)21-17(24)15-7-10-23(22-15)14-5-4-9-20-12-14/h7,10,13-14,16,20H,4-6,8-9,11-12H2,1-3H3,(H,21,24). The van der Waals surface area contributed by atoms with Crippen molar-refractivity contribution in [2.75, 3.05) is 13.1 Å². The van der Waals surface area contributed by atoms with Gasteiger partial charge < -0.3 is 10.6 Å². The van der Waals surface area contributed by atoms with E-state index in [9.17, 15) is 4.79 Å². The molecular formula is C19H30N4O. The number of aromatic nitrogens is 2. The van der Waals surface area contributed by atoms with Crippen LogP contribution in [0.15, 0.2) is 12.3 Å². The van der Waals surface area contributed by atoms with Gasteiger partial charge in [0.25, 0.3) is 5.91 Å². The third-order valence-corrected chi connectivity index (χ3v) is 7.59. The molecule has 5 heteroatoms. The molecule has 2 bridgehead atoms. The molecule has 2 aliphatic carbocycles. The molecule has 5 nitrogen and oxygen atoms in total. The minimum atomic E-state index is -0.00732. The first-order valence-corrected chi connectivity index (χ1v) is 9.48. The summed E-state index contributed by atoms with van der Waals surface area (Å²) in [5.74, 6) is 0.728. The molecule has 4 unspecified atom stereocenters. The highest BCUT2D eigenvalue weighted by Crippen LogP contribution is 2.65. The second kappa shape index (κ2) is 5.58. The van der Waals surface area contributed by atoms with Gasteiger partial charge in [-0.15, -0.1) is 0 Å². The maximum atomic E-state index is 12.7. The van der Waals surface area contributed by atoms with E-state index >= 15 is 0 Å². The first kappa shape index (κ1) is 16.1. The van der Waals surface area contributed by atoms with Crippen molar-refractivity contribution >= 4 is 5.91 Å². The van der Waals surface area contributed by atoms with E-state index in [2.05, 4.69) is 36.5 Å². The van der Waals surface area contributed by atoms with Crippen molar-refractivity contribution in [1.29, 1.82) is 0 Å². The van der Waals surface area contributed by atoms with Gasteiger partial charge in [0.05, 0.1) is 6.04 Å². The van der Waals surface area contributed by atoms with Crippen LogP contribution in [-0.2, 0) is 0 Å². The van der Waals surface area contributed by atoms with Crippen LogP contribution in [0.5, 0.6) is 0 Å². The SMILES string of the molecule is CC1(C)C2CCC1(C)C(NC(=O)c1ccn(C3CCCNC3)n1)C2. The molecule has 4 atom stereocenters. The Morgan fingerprint density at radius 1 is 1.38 bits per heavy atom. The third kappa shape index (κ3) is 2.32. The van der Waals surface area contributed by atoms with Crippen LogP contribution < -0.4 is 10.6 Å². The van der Waals surface area contributed by atoms with Gasteiger partial charge in [-0.2, -0.15) is 5.10 Å². The van der Waals surface area contributed by atoms with Gasteiger partial charge in [-0.1, -0.05) is 20.8 Å². The summed E-state index contributed by atoms with van der Waals surface area (Å²) < 4.78 is 1.97. The van der Waals surface area contributed by atoms with Gasteiger partial charge in [-0.05, 0) is 61.5 Å². The molecule has 0 spiro atoms. The van der Waals surface area contributed by atoms with Crippen LogP contribution in [0.4, 0.5) is 0 Å². The number of carbonyl (C=O) groups is 1. The molecule has 3 fully saturated rings. The van der Waals surface area contributed by atoms with Crippen molar-refractivity contribution in [1.82, 2.24) is 20.4 Å². The molecule has 0 radical (unpaired) electrons. The van der Waals surface area contributed by atoms with E-state index in [1.807, 2.05) is 16.9 Å². The van der Waals surface area contributed by atoms with Gasteiger partial charge in [-0.3, -0.25) is 9.48 Å². The van der Waals surface area contributed by atoms with E-state index in [1.165, 1.54) is 19.3 Å². The Bertz CT molecular complexity index is 631. The average molecular weight is 330 g/mol. The van der Waals surface area contributed by atoms with E-state index in [-0.39, 0.29) is 17.4 Å². The first-order chi connectivity index (χ1) is 11.4. The highest BCUT2D eigenvalue weighted by molar-refractivity contribution is 5.92. The second-order valence-corrected chi connectivity index (χ2v) is 8.82. The smallest absolute Gasteiger partial charge is 0.272 e. The van der Waals surface area contributed by atoms with Gasteiger partial charge in [0.1, 0.15) is 5.69 Å². The molecule has 2 N–H and O–H groups in total. The molecule has 24 heavy (non-hydrogen) atoms. The summed E-state index contributed by atoms with van der Waals surface area (Å²) in [5.41, 5.74) is 1.09. The zero-order chi connectivity index (χ0) is 16.9. The number of piperidine rings is 1. The Hall–Kier alpha value is -1.36. The minimum Gasteiger partial charge on any atom is -0.347 e. The Kier molecular flexibility index (Phi) is 3.75. The Labute approximate surface area is 144 Å². The van der Waals surface area contributed by atoms with Crippen molar-refractivity contribution in [2.24, 2.45) is 16.7 Å². The summed E-state index contributed by atoms with van der Waals surface area (Å²) in [6, 6.07) is 2.52. The van der Waals surface area contributed by atoms with Crippen molar-refractivity contribution in [3.63, 3.8) is 0 Å². The Balaban J connectivity index is 1.45. The maximum Gasteiger partial charge on any atom is 0.272 e. The predicted octanol–water partition coefficient (Wildman–Crippen LogP) is 2.75. The highest BCUT2D eigenvalue weighted by atomic mass is 16.2. The molecule has 1 saturated heterocycles. The fourth-order valence-electron chi connectivity index (χ4n) is 5.38. The molecule has 1 amide bonds. The number of hydrogen-bond donors (Lipinski definition) is 2. The second-order valence-electron chi connectivity index (χ2n) is 8.82. The Morgan fingerprint density at radius 3 is 2.83 bits per heavy atom. The molecule has 2 heterocycles. The molecule has 3 aliphatic rings. The number of rotatable bonds is 3. The van der Waals surface area contributed by atoms with E-state index < -0.39 is 0 Å². The number of nitrogens with one attached hydrogen (secondary N) is 2. The zero-order valence-corrected chi connectivity index (χ0v) is 15.1. The fraction of sp³-hybridized carbons (Fsp3) is 0.789. The van der Waals surface area contributed by atoms with E-state index in [0.29, 0.717) is 17.2 Å². The molecule has 1 aromatic heterocycles. The largest absolute Gasteiger partial charge is 0.347 e. The molecule has 132 valence electrons. The predicted molar refractivity (Wildman–Crippen MR) is 93.9 cm³/mol. The van der Waals surface area contributed by atoms with Crippen LogP contribution >= 0.6 is 0 Å². The van der Waals surface area contributed by atoms with Crippen molar-refractivity contribution < 1.29 is 4.79 Å². The van der Waals surface area contributed by atoms with E-state index in [4.69, 9.17) is 0 Å². The number of carbonyl (C=O) groups excluding carboxylic acids is 1. The van der Waals surface area contributed by atoms with Gasteiger partial charge in [0.2, 0.25) is 0 Å². The summed E-state index contributed by atoms with van der Waals surface area (Å²) in [6.45, 7) is 9.14.